The van der Waals surface area contributed by atoms with Crippen molar-refractivity contribution in [2.24, 2.45) is 0 Å². The summed E-state index contributed by atoms with van der Waals surface area (Å²) in [4.78, 5) is 15.9. The maximum absolute atomic E-state index is 13.6. The molecule has 0 bridgehead atoms. The molecular weight excluding hydrogens is 451 g/mol. The van der Waals surface area contributed by atoms with Crippen molar-refractivity contribution in [2.45, 2.75) is 44.1 Å². The van der Waals surface area contributed by atoms with Crippen LogP contribution in [0.15, 0.2) is 39.5 Å². The van der Waals surface area contributed by atoms with Crippen LogP contribution in [0.4, 0.5) is 13.2 Å². The highest BCUT2D eigenvalue weighted by molar-refractivity contribution is 5.78. The first-order valence-electron chi connectivity index (χ1n) is 11.3. The van der Waals surface area contributed by atoms with Gasteiger partial charge in [-0.25, -0.2) is 4.79 Å². The lowest BCUT2D eigenvalue weighted by Crippen LogP contribution is -2.47. The van der Waals surface area contributed by atoms with Gasteiger partial charge in [0, 0.05) is 29.8 Å². The second-order valence-corrected chi connectivity index (χ2v) is 8.90. The van der Waals surface area contributed by atoms with E-state index in [-0.39, 0.29) is 6.10 Å². The summed E-state index contributed by atoms with van der Waals surface area (Å²) in [6, 6.07) is 7.49. The first-order chi connectivity index (χ1) is 16.2. The maximum Gasteiger partial charge on any atom is 0.417 e. The van der Waals surface area contributed by atoms with Gasteiger partial charge < -0.3 is 19.2 Å². The molecule has 0 aliphatic carbocycles. The number of nitrogens with zero attached hydrogens (tertiary/aromatic N) is 1. The Morgan fingerprint density at radius 1 is 1.21 bits per heavy atom. The standard InChI is InChI=1S/C24H26F3N3O4/c1-13-9-18-16(5-6-19-22(18)34-23(31)29-19)21(30(13)12-24(25,26)27)17-4-3-14(10-20(17)32-2)33-15-7-8-28-11-15/h3-6,10,13,15,21,28H,7-9,11-12H2,1-2H3,(H,29,31)/t13-,15?,21+/m1/s1. The van der Waals surface area contributed by atoms with Gasteiger partial charge in [0.25, 0.3) is 0 Å². The Kier molecular flexibility index (Phi) is 5.81. The molecule has 3 atom stereocenters. The molecule has 3 heterocycles. The van der Waals surface area contributed by atoms with Gasteiger partial charge in [0.1, 0.15) is 17.6 Å². The van der Waals surface area contributed by atoms with Crippen molar-refractivity contribution in [2.75, 3.05) is 26.7 Å². The fourth-order valence-electron chi connectivity index (χ4n) is 5.11. The zero-order valence-electron chi connectivity index (χ0n) is 18.9. The van der Waals surface area contributed by atoms with Crippen molar-refractivity contribution in [3.8, 4) is 11.5 Å². The van der Waals surface area contributed by atoms with Crippen LogP contribution >= 0.6 is 0 Å². The Morgan fingerprint density at radius 3 is 2.71 bits per heavy atom. The summed E-state index contributed by atoms with van der Waals surface area (Å²) in [7, 11) is 1.50. The van der Waals surface area contributed by atoms with E-state index in [2.05, 4.69) is 10.3 Å². The van der Waals surface area contributed by atoms with Crippen molar-refractivity contribution >= 4 is 11.1 Å². The maximum atomic E-state index is 13.6. The molecule has 2 aliphatic heterocycles. The van der Waals surface area contributed by atoms with Gasteiger partial charge in [-0.3, -0.25) is 9.88 Å². The van der Waals surface area contributed by atoms with Crippen molar-refractivity contribution in [3.05, 3.63) is 57.6 Å². The number of oxazole rings is 1. The van der Waals surface area contributed by atoms with Gasteiger partial charge in [-0.15, -0.1) is 0 Å². The average Bonchev–Trinajstić information content (AvgIpc) is 3.42. The molecule has 0 amide bonds. The molecule has 0 radical (unpaired) electrons. The van der Waals surface area contributed by atoms with Gasteiger partial charge in [0.05, 0.1) is 25.2 Å². The SMILES string of the molecule is COc1cc(OC2CCNC2)ccc1[C@@H]1c2ccc3[nH]c(=O)oc3c2C[C@@H](C)N1CC(F)(F)F. The fraction of sp³-hybridized carbons (Fsp3) is 0.458. The van der Waals surface area contributed by atoms with Crippen molar-refractivity contribution in [3.63, 3.8) is 0 Å². The lowest BCUT2D eigenvalue weighted by molar-refractivity contribution is -0.155. The van der Waals surface area contributed by atoms with Crippen molar-refractivity contribution in [1.82, 2.24) is 15.2 Å². The molecule has 3 aromatic rings. The number of hydrogen-bond acceptors (Lipinski definition) is 6. The smallest absolute Gasteiger partial charge is 0.417 e. The minimum Gasteiger partial charge on any atom is -0.496 e. The third kappa shape index (κ3) is 4.27. The zero-order valence-corrected chi connectivity index (χ0v) is 18.9. The molecule has 34 heavy (non-hydrogen) atoms. The van der Waals surface area contributed by atoms with E-state index in [0.717, 1.165) is 25.1 Å². The van der Waals surface area contributed by atoms with E-state index in [9.17, 15) is 18.0 Å². The lowest BCUT2D eigenvalue weighted by Gasteiger charge is -2.42. The van der Waals surface area contributed by atoms with Gasteiger partial charge in [-0.05, 0) is 50.1 Å². The molecular formula is C24H26F3N3O4. The lowest BCUT2D eigenvalue weighted by atomic mass is 9.84. The third-order valence-corrected chi connectivity index (χ3v) is 6.60. The Bertz CT molecular complexity index is 1250. The largest absolute Gasteiger partial charge is 0.496 e. The molecule has 1 saturated heterocycles. The Morgan fingerprint density at radius 2 is 2.00 bits per heavy atom. The summed E-state index contributed by atoms with van der Waals surface area (Å²) in [5.74, 6) is 0.454. The quantitative estimate of drug-likeness (QED) is 0.583. The normalized spacial score (nSPS) is 23.3. The highest BCUT2D eigenvalue weighted by Gasteiger charge is 2.42. The molecule has 2 aliphatic rings. The number of halogens is 3. The summed E-state index contributed by atoms with van der Waals surface area (Å²) in [6.07, 6.45) is -3.15. The summed E-state index contributed by atoms with van der Waals surface area (Å²) in [5.41, 5.74) is 2.89. The number of fused-ring (bicyclic) bond motifs is 3. The molecule has 2 aromatic carbocycles. The number of rotatable bonds is 5. The summed E-state index contributed by atoms with van der Waals surface area (Å²) < 4.78 is 58.0. The molecule has 7 nitrogen and oxygen atoms in total. The average molecular weight is 477 g/mol. The van der Waals surface area contributed by atoms with E-state index in [1.165, 1.54) is 12.0 Å². The van der Waals surface area contributed by atoms with E-state index >= 15 is 0 Å². The van der Waals surface area contributed by atoms with Crippen molar-refractivity contribution in [1.29, 1.82) is 0 Å². The highest BCUT2D eigenvalue weighted by Crippen LogP contribution is 2.45. The first kappa shape index (κ1) is 22.8. The van der Waals surface area contributed by atoms with Crippen LogP contribution in [0, 0.1) is 0 Å². The molecule has 2 N–H and O–H groups in total. The van der Waals surface area contributed by atoms with E-state index in [1.54, 1.807) is 37.3 Å². The predicted octanol–water partition coefficient (Wildman–Crippen LogP) is 3.77. The number of aromatic nitrogens is 1. The van der Waals surface area contributed by atoms with E-state index < -0.39 is 30.6 Å². The summed E-state index contributed by atoms with van der Waals surface area (Å²) >= 11 is 0. The molecule has 0 saturated carbocycles. The summed E-state index contributed by atoms with van der Waals surface area (Å²) in [6.45, 7) is 2.30. The van der Waals surface area contributed by atoms with E-state index in [0.29, 0.717) is 40.1 Å². The minimum atomic E-state index is -4.39. The van der Waals surface area contributed by atoms with Crippen LogP contribution in [0.25, 0.3) is 11.1 Å². The number of alkyl halides is 3. The second-order valence-electron chi connectivity index (χ2n) is 8.90. The van der Waals surface area contributed by atoms with Crippen LogP contribution in [0.2, 0.25) is 0 Å². The van der Waals surface area contributed by atoms with E-state index in [1.807, 2.05) is 0 Å². The van der Waals surface area contributed by atoms with E-state index in [4.69, 9.17) is 13.9 Å². The fourth-order valence-corrected chi connectivity index (χ4v) is 5.11. The van der Waals surface area contributed by atoms with Crippen LogP contribution in [-0.4, -0.2) is 55.0 Å². The van der Waals surface area contributed by atoms with Crippen LogP contribution in [0.1, 0.15) is 36.1 Å². The third-order valence-electron chi connectivity index (χ3n) is 6.60. The Labute approximate surface area is 193 Å². The molecule has 5 rings (SSSR count). The van der Waals surface area contributed by atoms with Crippen LogP contribution in [0.5, 0.6) is 11.5 Å². The molecule has 10 heteroatoms. The molecule has 182 valence electrons. The van der Waals surface area contributed by atoms with Gasteiger partial charge in [-0.2, -0.15) is 13.2 Å². The van der Waals surface area contributed by atoms with Gasteiger partial charge in [0.15, 0.2) is 5.58 Å². The molecule has 0 spiro atoms. The van der Waals surface area contributed by atoms with Crippen LogP contribution in [0.3, 0.4) is 0 Å². The molecule has 1 unspecified atom stereocenters. The number of H-pyrrole nitrogens is 1. The highest BCUT2D eigenvalue weighted by atomic mass is 19.4. The number of nitrogens with one attached hydrogen (secondary N) is 2. The van der Waals surface area contributed by atoms with Gasteiger partial charge >= 0.3 is 11.9 Å². The molecule has 1 aromatic heterocycles. The van der Waals surface area contributed by atoms with Crippen LogP contribution < -0.4 is 20.5 Å². The number of hydrogen-bond donors (Lipinski definition) is 2. The Balaban J connectivity index is 1.63. The van der Waals surface area contributed by atoms with Crippen molar-refractivity contribution < 1.29 is 27.1 Å². The van der Waals surface area contributed by atoms with Crippen LogP contribution in [-0.2, 0) is 6.42 Å². The topological polar surface area (TPSA) is 79.7 Å². The zero-order chi connectivity index (χ0) is 24.0. The monoisotopic (exact) mass is 477 g/mol. The number of ether oxygens (including phenoxy) is 2. The Hall–Kier alpha value is -2.98. The number of benzene rings is 2. The summed E-state index contributed by atoms with van der Waals surface area (Å²) in [5, 5.41) is 3.24. The number of methoxy groups -OCH3 is 1. The molecule has 1 fully saturated rings. The van der Waals surface area contributed by atoms with Gasteiger partial charge in [-0.1, -0.05) is 6.07 Å². The number of aromatic amines is 1. The second kappa shape index (κ2) is 8.66. The predicted molar refractivity (Wildman–Crippen MR) is 120 cm³/mol. The first-order valence-corrected chi connectivity index (χ1v) is 11.3. The van der Waals surface area contributed by atoms with Gasteiger partial charge in [0.2, 0.25) is 0 Å². The minimum absolute atomic E-state index is 0.0393.